The second-order valence-electron chi connectivity index (χ2n) is 3.10. The number of anilines is 1. The second kappa shape index (κ2) is 3.58. The molecule has 16 heavy (non-hydrogen) atoms. The van der Waals surface area contributed by atoms with E-state index in [2.05, 4.69) is 10.2 Å². The molecule has 0 unspecified atom stereocenters. The Morgan fingerprint density at radius 3 is 2.25 bits per heavy atom. The van der Waals surface area contributed by atoms with E-state index in [9.17, 15) is 8.42 Å². The number of nitrogens with zero attached hydrogens (tertiary/aromatic N) is 3. The van der Waals surface area contributed by atoms with Crippen LogP contribution in [0.2, 0.25) is 0 Å². The molecule has 0 aliphatic rings. The summed E-state index contributed by atoms with van der Waals surface area (Å²) in [6.45, 7) is 0. The van der Waals surface area contributed by atoms with Crippen LogP contribution >= 0.6 is 0 Å². The van der Waals surface area contributed by atoms with E-state index in [0.29, 0.717) is 5.69 Å². The molecule has 0 atom stereocenters. The Morgan fingerprint density at radius 2 is 1.81 bits per heavy atom. The van der Waals surface area contributed by atoms with Gasteiger partial charge in [0.2, 0.25) is 10.0 Å². The fourth-order valence-corrected chi connectivity index (χ4v) is 1.68. The van der Waals surface area contributed by atoms with Crippen molar-refractivity contribution >= 4 is 15.8 Å². The molecule has 1 heterocycles. The Morgan fingerprint density at radius 1 is 1.19 bits per heavy atom. The highest BCUT2D eigenvalue weighted by atomic mass is 32.2. The lowest BCUT2D eigenvalue weighted by Crippen LogP contribution is -2.12. The van der Waals surface area contributed by atoms with E-state index in [4.69, 9.17) is 10.9 Å². The molecule has 4 N–H and O–H groups in total. The van der Waals surface area contributed by atoms with Crippen molar-refractivity contribution in [1.82, 2.24) is 15.0 Å². The van der Waals surface area contributed by atoms with Gasteiger partial charge in [-0.05, 0) is 24.3 Å². The van der Waals surface area contributed by atoms with E-state index in [-0.39, 0.29) is 10.7 Å². The van der Waals surface area contributed by atoms with Crippen molar-refractivity contribution in [3.63, 3.8) is 0 Å². The third kappa shape index (κ3) is 2.02. The minimum atomic E-state index is -3.67. The lowest BCUT2D eigenvalue weighted by Gasteiger charge is -2.01. The molecule has 84 valence electrons. The maximum atomic E-state index is 11.0. The topological polar surface area (TPSA) is 117 Å². The third-order valence-electron chi connectivity index (χ3n) is 1.91. The van der Waals surface area contributed by atoms with Crippen LogP contribution in [0.15, 0.2) is 35.4 Å². The first-order chi connectivity index (χ1) is 7.47. The first kappa shape index (κ1) is 10.6. The summed E-state index contributed by atoms with van der Waals surface area (Å²) in [7, 11) is -3.67. The average molecular weight is 239 g/mol. The molecule has 8 heteroatoms. The minimum absolute atomic E-state index is 0.0383. The first-order valence-corrected chi connectivity index (χ1v) is 5.82. The molecule has 0 aliphatic heterocycles. The minimum Gasteiger partial charge on any atom is -0.381 e. The number of aromatic nitrogens is 3. The van der Waals surface area contributed by atoms with Gasteiger partial charge in [-0.15, -0.1) is 9.90 Å². The molecule has 0 saturated carbocycles. The van der Waals surface area contributed by atoms with Gasteiger partial charge in [0.05, 0.1) is 16.8 Å². The van der Waals surface area contributed by atoms with Crippen LogP contribution in [0.1, 0.15) is 0 Å². The standard InChI is InChI=1S/C8H9N5O2S/c9-8-5-11-13(12-8)6-1-3-7(4-2-6)16(10,14)15/h1-5H,(H2,9,12)(H2,10,14,15). The van der Waals surface area contributed by atoms with Crippen LogP contribution in [-0.2, 0) is 10.0 Å². The lowest BCUT2D eigenvalue weighted by molar-refractivity contribution is 0.597. The molecule has 2 aromatic rings. The van der Waals surface area contributed by atoms with Crippen molar-refractivity contribution < 1.29 is 8.42 Å². The largest absolute Gasteiger partial charge is 0.381 e. The second-order valence-corrected chi connectivity index (χ2v) is 4.66. The van der Waals surface area contributed by atoms with E-state index >= 15 is 0 Å². The zero-order valence-corrected chi connectivity index (χ0v) is 8.92. The maximum absolute atomic E-state index is 11.0. The predicted molar refractivity (Wildman–Crippen MR) is 57.1 cm³/mol. The van der Waals surface area contributed by atoms with Gasteiger partial charge in [-0.3, -0.25) is 0 Å². The van der Waals surface area contributed by atoms with Gasteiger partial charge in [0.1, 0.15) is 0 Å². The fraction of sp³-hybridized carbons (Fsp3) is 0. The van der Waals surface area contributed by atoms with Crippen LogP contribution in [-0.4, -0.2) is 23.4 Å². The SMILES string of the molecule is Nc1cnn(-c2ccc(S(N)(=O)=O)cc2)n1. The molecule has 0 saturated heterocycles. The number of hydrogen-bond donors (Lipinski definition) is 2. The van der Waals surface area contributed by atoms with Gasteiger partial charge in [0.25, 0.3) is 0 Å². The Kier molecular flexibility index (Phi) is 2.37. The summed E-state index contributed by atoms with van der Waals surface area (Å²) < 4.78 is 22.0. The third-order valence-corrected chi connectivity index (χ3v) is 2.83. The maximum Gasteiger partial charge on any atom is 0.238 e. The molecule has 1 aromatic heterocycles. The van der Waals surface area contributed by atoms with Gasteiger partial charge in [0, 0.05) is 0 Å². The van der Waals surface area contributed by atoms with Gasteiger partial charge in [-0.25, -0.2) is 13.6 Å². The average Bonchev–Trinajstić information content (AvgIpc) is 2.64. The van der Waals surface area contributed by atoms with Gasteiger partial charge in [-0.1, -0.05) is 0 Å². The Bertz CT molecular complexity index is 602. The van der Waals surface area contributed by atoms with E-state index in [1.54, 1.807) is 12.1 Å². The smallest absolute Gasteiger partial charge is 0.238 e. The van der Waals surface area contributed by atoms with Gasteiger partial charge in [0.15, 0.2) is 5.82 Å². The van der Waals surface area contributed by atoms with Gasteiger partial charge >= 0.3 is 0 Å². The fourth-order valence-electron chi connectivity index (χ4n) is 1.17. The highest BCUT2D eigenvalue weighted by molar-refractivity contribution is 7.89. The highest BCUT2D eigenvalue weighted by Gasteiger charge is 2.07. The molecule has 0 fully saturated rings. The van der Waals surface area contributed by atoms with Crippen molar-refractivity contribution in [1.29, 1.82) is 0 Å². The number of sulfonamides is 1. The number of benzene rings is 1. The van der Waals surface area contributed by atoms with Crippen molar-refractivity contribution in [3.8, 4) is 5.69 Å². The van der Waals surface area contributed by atoms with Crippen molar-refractivity contribution in [2.75, 3.05) is 5.73 Å². The molecule has 0 bridgehead atoms. The number of nitrogens with two attached hydrogens (primary N) is 2. The first-order valence-electron chi connectivity index (χ1n) is 4.28. The number of nitrogen functional groups attached to an aromatic ring is 1. The molecule has 0 radical (unpaired) electrons. The number of hydrogen-bond acceptors (Lipinski definition) is 5. The Labute approximate surface area is 91.7 Å². The molecule has 1 aromatic carbocycles. The summed E-state index contributed by atoms with van der Waals surface area (Å²) in [4.78, 5) is 1.33. The van der Waals surface area contributed by atoms with Crippen LogP contribution < -0.4 is 10.9 Å². The highest BCUT2D eigenvalue weighted by Crippen LogP contribution is 2.11. The molecular weight excluding hydrogens is 230 g/mol. The molecule has 0 spiro atoms. The van der Waals surface area contributed by atoms with Gasteiger partial charge < -0.3 is 5.73 Å². The summed E-state index contributed by atoms with van der Waals surface area (Å²) in [6.07, 6.45) is 1.40. The van der Waals surface area contributed by atoms with Crippen LogP contribution in [0.4, 0.5) is 5.82 Å². The Hall–Kier alpha value is -1.93. The summed E-state index contributed by atoms with van der Waals surface area (Å²) in [5.74, 6) is 0.288. The van der Waals surface area contributed by atoms with E-state index in [1.807, 2.05) is 0 Å². The van der Waals surface area contributed by atoms with Crippen molar-refractivity contribution in [2.45, 2.75) is 4.90 Å². The van der Waals surface area contributed by atoms with Crippen LogP contribution in [0.3, 0.4) is 0 Å². The van der Waals surface area contributed by atoms with Crippen LogP contribution in [0.5, 0.6) is 0 Å². The summed E-state index contributed by atoms with van der Waals surface area (Å²) in [6, 6.07) is 5.84. The zero-order chi connectivity index (χ0) is 11.8. The zero-order valence-electron chi connectivity index (χ0n) is 8.11. The monoisotopic (exact) mass is 239 g/mol. The summed E-state index contributed by atoms with van der Waals surface area (Å²) in [5, 5.41) is 12.7. The van der Waals surface area contributed by atoms with Gasteiger partial charge in [-0.2, -0.15) is 5.10 Å². The molecule has 2 rings (SSSR count). The summed E-state index contributed by atoms with van der Waals surface area (Å²) >= 11 is 0. The quantitative estimate of drug-likeness (QED) is 0.732. The normalized spacial score (nSPS) is 11.6. The van der Waals surface area contributed by atoms with Crippen molar-refractivity contribution in [2.24, 2.45) is 5.14 Å². The van der Waals surface area contributed by atoms with E-state index in [0.717, 1.165) is 0 Å². The Balaban J connectivity index is 2.40. The predicted octanol–water partition coefficient (Wildman–Crippen LogP) is -0.503. The molecular formula is C8H9N5O2S. The van der Waals surface area contributed by atoms with Crippen LogP contribution in [0, 0.1) is 0 Å². The lowest BCUT2D eigenvalue weighted by atomic mass is 10.3. The van der Waals surface area contributed by atoms with E-state index in [1.165, 1.54) is 23.1 Å². The van der Waals surface area contributed by atoms with Crippen LogP contribution in [0.25, 0.3) is 5.69 Å². The van der Waals surface area contributed by atoms with E-state index < -0.39 is 10.0 Å². The summed E-state index contributed by atoms with van der Waals surface area (Å²) in [5.41, 5.74) is 6.01. The number of primary sulfonamides is 1. The van der Waals surface area contributed by atoms with Crippen molar-refractivity contribution in [3.05, 3.63) is 30.5 Å². The molecule has 7 nitrogen and oxygen atoms in total. The molecule has 0 amide bonds. The molecule has 0 aliphatic carbocycles. The number of rotatable bonds is 2.